The maximum Gasteiger partial charge on any atom is 0.336 e. The second-order valence-corrected chi connectivity index (χ2v) is 7.61. The second-order valence-electron chi connectivity index (χ2n) is 7.61. The average Bonchev–Trinajstić information content (AvgIpc) is 2.58. The monoisotopic (exact) mass is 360 g/mol. The summed E-state index contributed by atoms with van der Waals surface area (Å²) in [5, 5.41) is 22.5. The lowest BCUT2D eigenvalue weighted by atomic mass is 10.0. The maximum absolute atomic E-state index is 11.8. The van der Waals surface area contributed by atoms with E-state index in [-0.39, 0.29) is 12.6 Å². The first kappa shape index (κ1) is 20.0. The van der Waals surface area contributed by atoms with Crippen LogP contribution in [0.25, 0.3) is 0 Å². The molecule has 0 aromatic heterocycles. The highest BCUT2D eigenvalue weighted by molar-refractivity contribution is 5.75. The lowest BCUT2D eigenvalue weighted by Crippen LogP contribution is -2.46. The van der Waals surface area contributed by atoms with Gasteiger partial charge in [0.1, 0.15) is 11.7 Å². The van der Waals surface area contributed by atoms with Crippen molar-refractivity contribution in [3.05, 3.63) is 23.8 Å². The van der Waals surface area contributed by atoms with E-state index in [4.69, 9.17) is 10.5 Å². The van der Waals surface area contributed by atoms with Gasteiger partial charge in [0, 0.05) is 31.4 Å². The van der Waals surface area contributed by atoms with Crippen molar-refractivity contribution in [2.75, 3.05) is 30.3 Å². The molecule has 1 saturated heterocycles. The van der Waals surface area contributed by atoms with Gasteiger partial charge in [-0.15, -0.1) is 0 Å². The van der Waals surface area contributed by atoms with Crippen molar-refractivity contribution < 1.29 is 14.6 Å². The average molecular weight is 360 g/mol. The second kappa shape index (κ2) is 8.39. The third kappa shape index (κ3) is 5.61. The molecular weight excluding hydrogens is 332 g/mol. The standard InChI is InChI=1S/C19H28N4O3/c1-19(2,3)26-18(25)17(24)12-22-15-6-8-23(9-7-15)16-5-4-14(21)10-13(16)11-20/h4-5,10,15,17,22,24H,6-9,12,21H2,1-3H3. The molecule has 1 aromatic rings. The van der Waals surface area contributed by atoms with Gasteiger partial charge < -0.3 is 25.8 Å². The van der Waals surface area contributed by atoms with Gasteiger partial charge in [0.15, 0.2) is 6.10 Å². The van der Waals surface area contributed by atoms with Crippen LogP contribution in [-0.2, 0) is 9.53 Å². The van der Waals surface area contributed by atoms with E-state index < -0.39 is 17.7 Å². The predicted molar refractivity (Wildman–Crippen MR) is 101 cm³/mol. The van der Waals surface area contributed by atoms with E-state index in [1.54, 1.807) is 32.9 Å². The van der Waals surface area contributed by atoms with E-state index in [2.05, 4.69) is 16.3 Å². The number of esters is 1. The zero-order valence-electron chi connectivity index (χ0n) is 15.7. The number of hydrogen-bond donors (Lipinski definition) is 3. The largest absolute Gasteiger partial charge is 0.458 e. The Bertz CT molecular complexity index is 670. The summed E-state index contributed by atoms with van der Waals surface area (Å²) >= 11 is 0. The predicted octanol–water partition coefficient (Wildman–Crippen LogP) is 1.40. The molecule has 1 atom stereocenters. The number of nitrogens with two attached hydrogens (primary N) is 1. The number of nitrogens with zero attached hydrogens (tertiary/aromatic N) is 2. The Balaban J connectivity index is 1.82. The third-order valence-electron chi connectivity index (χ3n) is 4.26. The molecule has 1 aromatic carbocycles. The SMILES string of the molecule is CC(C)(C)OC(=O)C(O)CNC1CCN(c2ccc(N)cc2C#N)CC1. The third-order valence-corrected chi connectivity index (χ3v) is 4.26. The van der Waals surface area contributed by atoms with Gasteiger partial charge >= 0.3 is 5.97 Å². The summed E-state index contributed by atoms with van der Waals surface area (Å²) in [6, 6.07) is 7.78. The summed E-state index contributed by atoms with van der Waals surface area (Å²) in [6.07, 6.45) is 0.543. The summed E-state index contributed by atoms with van der Waals surface area (Å²) in [7, 11) is 0. The number of aliphatic hydroxyl groups is 1. The molecule has 1 heterocycles. The van der Waals surface area contributed by atoms with Crippen molar-refractivity contribution in [2.24, 2.45) is 0 Å². The van der Waals surface area contributed by atoms with Gasteiger partial charge in [0.2, 0.25) is 0 Å². The summed E-state index contributed by atoms with van der Waals surface area (Å²) < 4.78 is 5.17. The highest BCUT2D eigenvalue weighted by Crippen LogP contribution is 2.25. The number of rotatable bonds is 5. The van der Waals surface area contributed by atoms with Gasteiger partial charge in [-0.3, -0.25) is 0 Å². The molecule has 0 amide bonds. The van der Waals surface area contributed by atoms with Crippen LogP contribution >= 0.6 is 0 Å². The van der Waals surface area contributed by atoms with Crippen LogP contribution < -0.4 is 16.0 Å². The topological polar surface area (TPSA) is 112 Å². The number of carbonyl (C=O) groups is 1. The number of nitrogen functional groups attached to an aromatic ring is 1. The number of hydrogen-bond acceptors (Lipinski definition) is 7. The van der Waals surface area contributed by atoms with Crippen LogP contribution in [0.1, 0.15) is 39.2 Å². The molecule has 0 saturated carbocycles. The zero-order valence-corrected chi connectivity index (χ0v) is 15.7. The Labute approximate surface area is 154 Å². The molecule has 142 valence electrons. The molecule has 0 radical (unpaired) electrons. The summed E-state index contributed by atoms with van der Waals surface area (Å²) in [6.45, 7) is 7.07. The lowest BCUT2D eigenvalue weighted by molar-refractivity contribution is -0.164. The van der Waals surface area contributed by atoms with Crippen LogP contribution in [0, 0.1) is 11.3 Å². The molecular formula is C19H28N4O3. The van der Waals surface area contributed by atoms with E-state index in [1.807, 2.05) is 6.07 Å². The van der Waals surface area contributed by atoms with Crippen molar-refractivity contribution >= 4 is 17.3 Å². The zero-order chi connectivity index (χ0) is 19.3. The van der Waals surface area contributed by atoms with Gasteiger partial charge in [-0.1, -0.05) is 0 Å². The fourth-order valence-electron chi connectivity index (χ4n) is 2.97. The molecule has 4 N–H and O–H groups in total. The van der Waals surface area contributed by atoms with Gasteiger partial charge in [-0.05, 0) is 51.8 Å². The maximum atomic E-state index is 11.8. The van der Waals surface area contributed by atoms with E-state index >= 15 is 0 Å². The van der Waals surface area contributed by atoms with Crippen LogP contribution in [0.2, 0.25) is 0 Å². The number of carbonyl (C=O) groups excluding carboxylic acids is 1. The Morgan fingerprint density at radius 2 is 2.12 bits per heavy atom. The van der Waals surface area contributed by atoms with Gasteiger partial charge in [-0.25, -0.2) is 4.79 Å². The highest BCUT2D eigenvalue weighted by Gasteiger charge is 2.25. The first-order chi connectivity index (χ1) is 12.2. The number of benzene rings is 1. The first-order valence-electron chi connectivity index (χ1n) is 8.88. The van der Waals surface area contributed by atoms with Crippen LogP contribution in [0.15, 0.2) is 18.2 Å². The van der Waals surface area contributed by atoms with Crippen LogP contribution in [0.3, 0.4) is 0 Å². The Morgan fingerprint density at radius 3 is 2.69 bits per heavy atom. The van der Waals surface area contributed by atoms with E-state index in [1.165, 1.54) is 0 Å². The van der Waals surface area contributed by atoms with Gasteiger partial charge in [0.25, 0.3) is 0 Å². The Kier molecular flexibility index (Phi) is 6.46. The number of anilines is 2. The lowest BCUT2D eigenvalue weighted by Gasteiger charge is -2.35. The van der Waals surface area contributed by atoms with Crippen LogP contribution in [-0.4, -0.2) is 48.5 Å². The summed E-state index contributed by atoms with van der Waals surface area (Å²) in [4.78, 5) is 14.0. The van der Waals surface area contributed by atoms with Crippen molar-refractivity contribution in [3.63, 3.8) is 0 Å². The van der Waals surface area contributed by atoms with E-state index in [9.17, 15) is 15.2 Å². The summed E-state index contributed by atoms with van der Waals surface area (Å²) in [5.74, 6) is -0.608. The fraction of sp³-hybridized carbons (Fsp3) is 0.579. The Hall–Kier alpha value is -2.30. The fourth-order valence-corrected chi connectivity index (χ4v) is 2.97. The minimum atomic E-state index is -1.17. The minimum Gasteiger partial charge on any atom is -0.458 e. The van der Waals surface area contributed by atoms with E-state index in [0.717, 1.165) is 31.6 Å². The molecule has 7 nitrogen and oxygen atoms in total. The quantitative estimate of drug-likeness (QED) is 0.537. The first-order valence-corrected chi connectivity index (χ1v) is 8.88. The minimum absolute atomic E-state index is 0.172. The smallest absolute Gasteiger partial charge is 0.336 e. The van der Waals surface area contributed by atoms with Crippen molar-refractivity contribution in [2.45, 2.75) is 51.4 Å². The van der Waals surface area contributed by atoms with Crippen LogP contribution in [0.4, 0.5) is 11.4 Å². The number of ether oxygens (including phenoxy) is 1. The molecule has 7 heteroatoms. The van der Waals surface area contributed by atoms with Gasteiger partial charge in [-0.2, -0.15) is 5.26 Å². The van der Waals surface area contributed by atoms with Gasteiger partial charge in [0.05, 0.1) is 11.3 Å². The molecule has 26 heavy (non-hydrogen) atoms. The van der Waals surface area contributed by atoms with E-state index in [0.29, 0.717) is 11.3 Å². The number of nitriles is 1. The molecule has 1 aliphatic heterocycles. The molecule has 0 aliphatic carbocycles. The highest BCUT2D eigenvalue weighted by atomic mass is 16.6. The summed E-state index contributed by atoms with van der Waals surface area (Å²) in [5.41, 5.74) is 7.19. The molecule has 0 spiro atoms. The van der Waals surface area contributed by atoms with Crippen LogP contribution in [0.5, 0.6) is 0 Å². The number of nitrogens with one attached hydrogen (secondary N) is 1. The molecule has 1 unspecified atom stereocenters. The molecule has 1 aliphatic rings. The van der Waals surface area contributed by atoms with Crippen molar-refractivity contribution in [1.82, 2.24) is 5.32 Å². The normalized spacial score (nSPS) is 16.8. The number of piperidine rings is 1. The Morgan fingerprint density at radius 1 is 1.46 bits per heavy atom. The van der Waals surface area contributed by atoms with Crippen molar-refractivity contribution in [3.8, 4) is 6.07 Å². The molecule has 2 rings (SSSR count). The number of aliphatic hydroxyl groups excluding tert-OH is 1. The molecule has 0 bridgehead atoms. The molecule has 1 fully saturated rings. The van der Waals surface area contributed by atoms with Crippen molar-refractivity contribution in [1.29, 1.82) is 5.26 Å².